The molecular formula is C26H29ClF2N6O3. The molecule has 1 saturated heterocycles. The van der Waals surface area contributed by atoms with Crippen molar-refractivity contribution in [1.29, 1.82) is 5.41 Å². The first-order chi connectivity index (χ1) is 18.1. The summed E-state index contributed by atoms with van der Waals surface area (Å²) in [6.45, 7) is 1.23. The summed E-state index contributed by atoms with van der Waals surface area (Å²) in [4.78, 5) is 27.3. The molecule has 1 aliphatic rings. The molecule has 2 heterocycles. The number of aromatic nitrogens is 2. The van der Waals surface area contributed by atoms with Crippen molar-refractivity contribution < 1.29 is 22.9 Å². The molecule has 3 N–H and O–H groups in total. The maximum absolute atomic E-state index is 14.7. The molecule has 202 valence electrons. The Morgan fingerprint density at radius 3 is 2.55 bits per heavy atom. The first-order valence-corrected chi connectivity index (χ1v) is 12.2. The van der Waals surface area contributed by atoms with Crippen LogP contribution in [-0.2, 0) is 4.79 Å². The number of anilines is 1. The number of rotatable bonds is 7. The lowest BCUT2D eigenvalue weighted by atomic mass is 9.92. The van der Waals surface area contributed by atoms with E-state index in [4.69, 9.17) is 21.5 Å². The minimum absolute atomic E-state index is 0.0183. The number of nitrogens with zero attached hydrogens (tertiary/aromatic N) is 3. The Morgan fingerprint density at radius 2 is 1.97 bits per heavy atom. The van der Waals surface area contributed by atoms with E-state index in [0.29, 0.717) is 27.5 Å². The molecule has 0 bridgehead atoms. The van der Waals surface area contributed by atoms with E-state index in [2.05, 4.69) is 20.8 Å². The molecule has 0 radical (unpaired) electrons. The zero-order valence-electron chi connectivity index (χ0n) is 21.2. The van der Waals surface area contributed by atoms with Gasteiger partial charge in [0, 0.05) is 46.7 Å². The number of carbonyl (C=O) groups is 2. The lowest BCUT2D eigenvalue weighted by molar-refractivity contribution is -0.144. The van der Waals surface area contributed by atoms with Crippen molar-refractivity contribution in [2.75, 3.05) is 39.0 Å². The third-order valence-corrected chi connectivity index (χ3v) is 6.23. The molecule has 12 heteroatoms. The van der Waals surface area contributed by atoms with E-state index >= 15 is 0 Å². The Hall–Kier alpha value is -3.70. The summed E-state index contributed by atoms with van der Waals surface area (Å²) in [7, 11) is 3.33. The maximum atomic E-state index is 14.7. The van der Waals surface area contributed by atoms with E-state index in [0.717, 1.165) is 16.7 Å². The van der Waals surface area contributed by atoms with Crippen molar-refractivity contribution in [2.24, 2.45) is 0 Å². The van der Waals surface area contributed by atoms with E-state index in [1.165, 1.54) is 0 Å². The smallest absolute Gasteiger partial charge is 0.276 e. The second-order valence-corrected chi connectivity index (χ2v) is 9.15. The number of hydrogen-bond donors (Lipinski definition) is 3. The van der Waals surface area contributed by atoms with Crippen LogP contribution in [0.1, 0.15) is 41.1 Å². The van der Waals surface area contributed by atoms with Gasteiger partial charge in [0.2, 0.25) is 17.6 Å². The second-order valence-electron chi connectivity index (χ2n) is 8.71. The number of carbonyl (C=O) groups excluding carboxylic acids is 2. The van der Waals surface area contributed by atoms with Crippen molar-refractivity contribution in [3.63, 3.8) is 0 Å². The summed E-state index contributed by atoms with van der Waals surface area (Å²) in [5.41, 5.74) is 3.08. The van der Waals surface area contributed by atoms with Gasteiger partial charge < -0.3 is 25.5 Å². The minimum Gasteiger partial charge on any atom is -0.388 e. The number of likely N-dealkylation sites (N-methyl/N-ethyl adjacent to an activating group) is 1. The van der Waals surface area contributed by atoms with Gasteiger partial charge in [0.05, 0.1) is 13.1 Å². The molecule has 1 aromatic heterocycles. The van der Waals surface area contributed by atoms with Gasteiger partial charge in [-0.15, -0.1) is 0 Å². The third kappa shape index (κ3) is 6.99. The number of amides is 1. The van der Waals surface area contributed by atoms with Gasteiger partial charge in [-0.2, -0.15) is 4.98 Å². The Bertz CT molecular complexity index is 1280. The highest BCUT2D eigenvalue weighted by Crippen LogP contribution is 2.40. The van der Waals surface area contributed by atoms with Crippen LogP contribution in [0.3, 0.4) is 0 Å². The predicted molar refractivity (Wildman–Crippen MR) is 141 cm³/mol. The standard InChI is InChI=1S/C19H24F2N6O2.C7H5ClO/c1-11(22)13-5-4-12(8-15(13)24-3)17-25-18(29-26-17)14-6-7-27(10-19(14,20)21)16(28)9-23-2;8-7-3-1-6(5-9)2-4-7/h4-5,8,14,22-24H,6-7,9-10H2,1-3H3;1-5H. The normalized spacial score (nSPS) is 16.3. The van der Waals surface area contributed by atoms with Crippen LogP contribution in [0.25, 0.3) is 11.4 Å². The van der Waals surface area contributed by atoms with Gasteiger partial charge in [-0.3, -0.25) is 9.59 Å². The molecule has 1 amide bonds. The van der Waals surface area contributed by atoms with Crippen LogP contribution in [0.5, 0.6) is 0 Å². The second kappa shape index (κ2) is 12.7. The third-order valence-electron chi connectivity index (χ3n) is 5.98. The van der Waals surface area contributed by atoms with Gasteiger partial charge >= 0.3 is 0 Å². The summed E-state index contributed by atoms with van der Waals surface area (Å²) < 4.78 is 34.6. The fourth-order valence-electron chi connectivity index (χ4n) is 3.97. The quantitative estimate of drug-likeness (QED) is 0.294. The minimum atomic E-state index is -3.16. The van der Waals surface area contributed by atoms with Crippen LogP contribution < -0.4 is 10.6 Å². The fourth-order valence-corrected chi connectivity index (χ4v) is 4.10. The molecule has 4 rings (SSSR count). The van der Waals surface area contributed by atoms with Crippen LogP contribution >= 0.6 is 11.6 Å². The average Bonchev–Trinajstić information content (AvgIpc) is 3.38. The van der Waals surface area contributed by atoms with Gasteiger partial charge in [0.25, 0.3) is 5.92 Å². The molecule has 2 aromatic carbocycles. The van der Waals surface area contributed by atoms with E-state index in [-0.39, 0.29) is 37.1 Å². The number of benzene rings is 2. The average molecular weight is 547 g/mol. The van der Waals surface area contributed by atoms with Crippen molar-refractivity contribution in [3.05, 3.63) is 64.5 Å². The van der Waals surface area contributed by atoms with Crippen LogP contribution in [-0.4, -0.2) is 72.6 Å². The van der Waals surface area contributed by atoms with E-state index in [9.17, 15) is 18.4 Å². The Labute approximate surface area is 224 Å². The number of halogens is 3. The Morgan fingerprint density at radius 1 is 1.26 bits per heavy atom. The van der Waals surface area contributed by atoms with Crippen molar-refractivity contribution in [3.8, 4) is 11.4 Å². The summed E-state index contributed by atoms with van der Waals surface area (Å²) in [6, 6.07) is 11.9. The van der Waals surface area contributed by atoms with Crippen LogP contribution in [0.2, 0.25) is 5.02 Å². The van der Waals surface area contributed by atoms with E-state index in [1.54, 1.807) is 63.5 Å². The SMILES string of the molecule is CNCC(=O)N1CCC(c2nc(-c3ccc(C(C)=N)c(NC)c3)no2)C(F)(F)C1.O=Cc1ccc(Cl)cc1. The highest BCUT2D eigenvalue weighted by Gasteiger charge is 2.49. The number of hydrogen-bond acceptors (Lipinski definition) is 8. The fraction of sp³-hybridized carbons (Fsp3) is 0.346. The number of alkyl halides is 2. The number of nitrogens with one attached hydrogen (secondary N) is 3. The first-order valence-electron chi connectivity index (χ1n) is 11.8. The van der Waals surface area contributed by atoms with Gasteiger partial charge in [0.15, 0.2) is 0 Å². The molecule has 9 nitrogen and oxygen atoms in total. The number of piperidine rings is 1. The molecule has 38 heavy (non-hydrogen) atoms. The topological polar surface area (TPSA) is 124 Å². The van der Waals surface area contributed by atoms with Gasteiger partial charge in [-0.1, -0.05) is 41.0 Å². The Balaban J connectivity index is 0.000000375. The highest BCUT2D eigenvalue weighted by molar-refractivity contribution is 6.30. The molecule has 3 aromatic rings. The zero-order valence-corrected chi connectivity index (χ0v) is 22.0. The summed E-state index contributed by atoms with van der Waals surface area (Å²) in [6.07, 6.45) is 0.827. The van der Waals surface area contributed by atoms with Crippen molar-refractivity contribution in [1.82, 2.24) is 20.4 Å². The summed E-state index contributed by atoms with van der Waals surface area (Å²) in [5.74, 6) is -4.70. The van der Waals surface area contributed by atoms with E-state index < -0.39 is 18.4 Å². The molecule has 1 fully saturated rings. The summed E-state index contributed by atoms with van der Waals surface area (Å²) >= 11 is 5.55. The lowest BCUT2D eigenvalue weighted by Gasteiger charge is -2.36. The predicted octanol–water partition coefficient (Wildman–Crippen LogP) is 4.49. The monoisotopic (exact) mass is 546 g/mol. The molecule has 1 unspecified atom stereocenters. The number of likely N-dealkylation sites (tertiary alicyclic amines) is 1. The highest BCUT2D eigenvalue weighted by atomic mass is 35.5. The maximum Gasteiger partial charge on any atom is 0.276 e. The van der Waals surface area contributed by atoms with Gasteiger partial charge in [-0.05, 0) is 38.6 Å². The first kappa shape index (κ1) is 28.9. The number of aldehydes is 1. The van der Waals surface area contributed by atoms with Crippen LogP contribution in [0.4, 0.5) is 14.5 Å². The molecule has 0 saturated carbocycles. The lowest BCUT2D eigenvalue weighted by Crippen LogP contribution is -2.51. The zero-order chi connectivity index (χ0) is 27.9. The van der Waals surface area contributed by atoms with Crippen molar-refractivity contribution >= 4 is 35.2 Å². The Kier molecular flexibility index (Phi) is 9.65. The van der Waals surface area contributed by atoms with E-state index in [1.807, 2.05) is 0 Å². The molecule has 1 atom stereocenters. The summed E-state index contributed by atoms with van der Waals surface area (Å²) in [5, 5.41) is 18.0. The van der Waals surface area contributed by atoms with Crippen LogP contribution in [0, 0.1) is 5.41 Å². The van der Waals surface area contributed by atoms with Crippen LogP contribution in [0.15, 0.2) is 47.0 Å². The molecule has 0 spiro atoms. The van der Waals surface area contributed by atoms with Gasteiger partial charge in [-0.25, -0.2) is 8.78 Å². The van der Waals surface area contributed by atoms with Crippen molar-refractivity contribution in [2.45, 2.75) is 25.2 Å². The largest absolute Gasteiger partial charge is 0.388 e. The molecular weight excluding hydrogens is 518 g/mol. The molecule has 1 aliphatic heterocycles. The van der Waals surface area contributed by atoms with Gasteiger partial charge in [0.1, 0.15) is 12.2 Å². The molecule has 0 aliphatic carbocycles.